The van der Waals surface area contributed by atoms with Crippen LogP contribution < -0.4 is 10.6 Å². The summed E-state index contributed by atoms with van der Waals surface area (Å²) in [6.07, 6.45) is -2.11. The van der Waals surface area contributed by atoms with Gasteiger partial charge in [0, 0.05) is 13.6 Å². The van der Waals surface area contributed by atoms with Crippen molar-refractivity contribution in [1.82, 2.24) is 10.6 Å². The second-order valence-electron chi connectivity index (χ2n) is 4.88. The van der Waals surface area contributed by atoms with E-state index in [1.807, 2.05) is 6.07 Å². The summed E-state index contributed by atoms with van der Waals surface area (Å²) in [5.74, 6) is 1.39. The molecule has 0 unspecified atom stereocenters. The van der Waals surface area contributed by atoms with Gasteiger partial charge in [-0.15, -0.1) is 0 Å². The second kappa shape index (κ2) is 7.71. The minimum Gasteiger partial charge on any atom is -0.467 e. The lowest BCUT2D eigenvalue weighted by Gasteiger charge is -2.11. The molecule has 1 heterocycles. The maximum Gasteiger partial charge on any atom is 0.416 e. The molecule has 1 aromatic heterocycles. The van der Waals surface area contributed by atoms with Crippen LogP contribution >= 0.6 is 0 Å². The number of rotatable bonds is 5. The van der Waals surface area contributed by atoms with E-state index in [2.05, 4.69) is 15.6 Å². The molecule has 0 amide bonds. The third kappa shape index (κ3) is 5.36. The van der Waals surface area contributed by atoms with Crippen LogP contribution in [0, 0.1) is 0 Å². The zero-order valence-corrected chi connectivity index (χ0v) is 12.7. The van der Waals surface area contributed by atoms with Gasteiger partial charge in [-0.1, -0.05) is 12.1 Å². The first-order valence-corrected chi connectivity index (χ1v) is 7.12. The Hall–Kier alpha value is -2.44. The summed E-state index contributed by atoms with van der Waals surface area (Å²) in [7, 11) is 1.65. The maximum absolute atomic E-state index is 12.5. The number of nitrogens with zero attached hydrogens (tertiary/aromatic N) is 1. The van der Waals surface area contributed by atoms with Gasteiger partial charge in [-0.25, -0.2) is 0 Å². The van der Waals surface area contributed by atoms with E-state index in [0.29, 0.717) is 25.5 Å². The van der Waals surface area contributed by atoms with Crippen molar-refractivity contribution in [2.75, 3.05) is 13.6 Å². The third-order valence-electron chi connectivity index (χ3n) is 3.22. The van der Waals surface area contributed by atoms with E-state index in [1.54, 1.807) is 19.4 Å². The van der Waals surface area contributed by atoms with E-state index in [1.165, 1.54) is 12.1 Å². The molecule has 0 fully saturated rings. The van der Waals surface area contributed by atoms with Crippen molar-refractivity contribution in [3.63, 3.8) is 0 Å². The first-order valence-electron chi connectivity index (χ1n) is 7.12. The molecule has 23 heavy (non-hydrogen) atoms. The van der Waals surface area contributed by atoms with Gasteiger partial charge in [0.1, 0.15) is 5.76 Å². The van der Waals surface area contributed by atoms with Crippen LogP contribution in [0.2, 0.25) is 0 Å². The second-order valence-corrected chi connectivity index (χ2v) is 4.88. The van der Waals surface area contributed by atoms with Gasteiger partial charge < -0.3 is 15.1 Å². The monoisotopic (exact) mass is 325 g/mol. The zero-order chi connectivity index (χ0) is 16.7. The van der Waals surface area contributed by atoms with Crippen LogP contribution in [0.25, 0.3) is 0 Å². The van der Waals surface area contributed by atoms with Crippen LogP contribution in [0.1, 0.15) is 16.9 Å². The Morgan fingerprint density at radius 3 is 2.43 bits per heavy atom. The summed E-state index contributed by atoms with van der Waals surface area (Å²) in [6, 6.07) is 8.83. The molecule has 0 saturated carbocycles. The molecule has 0 saturated heterocycles. The number of alkyl halides is 3. The number of hydrogen-bond acceptors (Lipinski definition) is 2. The molecule has 0 aliphatic rings. The Bertz CT molecular complexity index is 619. The number of furan rings is 1. The zero-order valence-electron chi connectivity index (χ0n) is 12.7. The van der Waals surface area contributed by atoms with Gasteiger partial charge in [-0.3, -0.25) is 4.99 Å². The summed E-state index contributed by atoms with van der Waals surface area (Å²) >= 11 is 0. The predicted octanol–water partition coefficient (Wildman–Crippen LogP) is 3.21. The molecule has 0 aliphatic carbocycles. The van der Waals surface area contributed by atoms with E-state index in [9.17, 15) is 13.2 Å². The average molecular weight is 325 g/mol. The van der Waals surface area contributed by atoms with Crippen LogP contribution in [0.5, 0.6) is 0 Å². The molecule has 0 spiro atoms. The fraction of sp³-hybridized carbons (Fsp3) is 0.312. The van der Waals surface area contributed by atoms with Gasteiger partial charge in [0.05, 0.1) is 18.4 Å². The molecule has 1 aromatic carbocycles. The SMILES string of the molecule is CN=C(NCCc1ccc(C(F)(F)F)cc1)NCc1ccco1. The first-order chi connectivity index (χ1) is 11.0. The van der Waals surface area contributed by atoms with Crippen molar-refractivity contribution in [3.8, 4) is 0 Å². The average Bonchev–Trinajstić information content (AvgIpc) is 3.03. The van der Waals surface area contributed by atoms with Crippen molar-refractivity contribution >= 4 is 5.96 Å². The van der Waals surface area contributed by atoms with Crippen molar-refractivity contribution in [2.45, 2.75) is 19.1 Å². The highest BCUT2D eigenvalue weighted by Gasteiger charge is 2.29. The molecule has 2 aromatic rings. The smallest absolute Gasteiger partial charge is 0.416 e. The Morgan fingerprint density at radius 1 is 1.13 bits per heavy atom. The standard InChI is InChI=1S/C16H18F3N3O/c1-20-15(22-11-14-3-2-10-23-14)21-9-8-12-4-6-13(7-5-12)16(17,18)19/h2-7,10H,8-9,11H2,1H3,(H2,20,21,22). The molecule has 0 radical (unpaired) electrons. The molecule has 0 aliphatic heterocycles. The van der Waals surface area contributed by atoms with Gasteiger partial charge in [0.2, 0.25) is 0 Å². The van der Waals surface area contributed by atoms with Crippen molar-refractivity contribution in [2.24, 2.45) is 4.99 Å². The van der Waals surface area contributed by atoms with Gasteiger partial charge in [0.25, 0.3) is 0 Å². The number of hydrogen-bond donors (Lipinski definition) is 2. The van der Waals surface area contributed by atoms with E-state index in [4.69, 9.17) is 4.42 Å². The molecule has 0 atom stereocenters. The predicted molar refractivity (Wildman–Crippen MR) is 82.1 cm³/mol. The third-order valence-corrected chi connectivity index (χ3v) is 3.22. The molecular weight excluding hydrogens is 307 g/mol. The highest BCUT2D eigenvalue weighted by molar-refractivity contribution is 5.79. The summed E-state index contributed by atoms with van der Waals surface area (Å²) in [5, 5.41) is 6.18. The summed E-state index contributed by atoms with van der Waals surface area (Å²) < 4.78 is 42.6. The topological polar surface area (TPSA) is 49.6 Å². The minimum atomic E-state index is -4.30. The van der Waals surface area contributed by atoms with Crippen LogP contribution in [0.15, 0.2) is 52.1 Å². The van der Waals surface area contributed by atoms with E-state index < -0.39 is 11.7 Å². The quantitative estimate of drug-likeness (QED) is 0.656. The highest BCUT2D eigenvalue weighted by Crippen LogP contribution is 2.29. The van der Waals surface area contributed by atoms with Gasteiger partial charge in [-0.2, -0.15) is 13.2 Å². The number of aliphatic imine (C=N–C) groups is 1. The van der Waals surface area contributed by atoms with E-state index >= 15 is 0 Å². The van der Waals surface area contributed by atoms with Crippen LogP contribution in [0.4, 0.5) is 13.2 Å². The largest absolute Gasteiger partial charge is 0.467 e. The lowest BCUT2D eigenvalue weighted by Crippen LogP contribution is -2.37. The fourth-order valence-corrected chi connectivity index (χ4v) is 1.99. The summed E-state index contributed by atoms with van der Waals surface area (Å²) in [6.45, 7) is 1.07. The Balaban J connectivity index is 1.76. The lowest BCUT2D eigenvalue weighted by molar-refractivity contribution is -0.137. The van der Waals surface area contributed by atoms with Crippen LogP contribution in [0.3, 0.4) is 0 Å². The van der Waals surface area contributed by atoms with Gasteiger partial charge in [0.15, 0.2) is 5.96 Å². The van der Waals surface area contributed by atoms with Crippen molar-refractivity contribution < 1.29 is 17.6 Å². The molecule has 124 valence electrons. The highest BCUT2D eigenvalue weighted by atomic mass is 19.4. The maximum atomic E-state index is 12.5. The molecule has 2 rings (SSSR count). The number of guanidine groups is 1. The Kier molecular flexibility index (Phi) is 5.67. The number of halogens is 3. The molecule has 4 nitrogen and oxygen atoms in total. The van der Waals surface area contributed by atoms with Gasteiger partial charge >= 0.3 is 6.18 Å². The van der Waals surface area contributed by atoms with Crippen molar-refractivity contribution in [3.05, 3.63) is 59.5 Å². The molecule has 7 heteroatoms. The van der Waals surface area contributed by atoms with Crippen LogP contribution in [-0.2, 0) is 19.1 Å². The molecular formula is C16H18F3N3O. The Labute approximate surface area is 132 Å². The Morgan fingerprint density at radius 2 is 1.87 bits per heavy atom. The van der Waals surface area contributed by atoms with E-state index in [0.717, 1.165) is 23.5 Å². The van der Waals surface area contributed by atoms with Crippen molar-refractivity contribution in [1.29, 1.82) is 0 Å². The molecule has 0 bridgehead atoms. The lowest BCUT2D eigenvalue weighted by atomic mass is 10.1. The van der Waals surface area contributed by atoms with Gasteiger partial charge in [-0.05, 0) is 36.2 Å². The number of nitrogens with one attached hydrogen (secondary N) is 2. The van der Waals surface area contributed by atoms with Crippen LogP contribution in [-0.4, -0.2) is 19.6 Å². The summed E-state index contributed by atoms with van der Waals surface area (Å²) in [5.41, 5.74) is 0.192. The molecule has 2 N–H and O–H groups in total. The summed E-state index contributed by atoms with van der Waals surface area (Å²) in [4.78, 5) is 4.07. The van der Waals surface area contributed by atoms with E-state index in [-0.39, 0.29) is 0 Å². The minimum absolute atomic E-state index is 0.507. The normalized spacial score (nSPS) is 12.3. The fourth-order valence-electron chi connectivity index (χ4n) is 1.99. The number of benzene rings is 1. The first kappa shape index (κ1) is 16.9.